The average molecular weight is 391 g/mol. The lowest BCUT2D eigenvalue weighted by molar-refractivity contribution is -0.00366. The number of aromatic nitrogens is 1. The second-order valence-electron chi connectivity index (χ2n) is 8.38. The van der Waals surface area contributed by atoms with Gasteiger partial charge >= 0.3 is 0 Å². The van der Waals surface area contributed by atoms with Crippen molar-refractivity contribution in [3.05, 3.63) is 35.8 Å². The first-order valence-electron chi connectivity index (χ1n) is 9.58. The third kappa shape index (κ3) is 4.64. The number of nitrogens with two attached hydrogens (primary N) is 1. The summed E-state index contributed by atoms with van der Waals surface area (Å²) in [4.78, 5) is 18.9. The Balaban J connectivity index is 1.67. The number of fused-ring (bicyclic) bond motifs is 1. The smallest absolute Gasteiger partial charge is 0.165 e. The van der Waals surface area contributed by atoms with Crippen molar-refractivity contribution in [2.24, 2.45) is 0 Å². The highest BCUT2D eigenvalue weighted by Crippen LogP contribution is 2.33. The van der Waals surface area contributed by atoms with Crippen LogP contribution in [0.3, 0.4) is 0 Å². The van der Waals surface area contributed by atoms with Crippen molar-refractivity contribution in [2.45, 2.75) is 50.8 Å². The van der Waals surface area contributed by atoms with Gasteiger partial charge in [-0.25, -0.2) is 8.78 Å². The molecule has 0 atom stereocenters. The van der Waals surface area contributed by atoms with E-state index in [4.69, 9.17) is 5.73 Å². The lowest BCUT2D eigenvalue weighted by Crippen LogP contribution is -2.47. The molecule has 0 saturated carbocycles. The number of pyridine rings is 1. The zero-order chi connectivity index (χ0) is 20.5. The summed E-state index contributed by atoms with van der Waals surface area (Å²) in [6.45, 7) is 5.02. The third-order valence-corrected chi connectivity index (χ3v) is 5.34. The number of piperidine rings is 1. The van der Waals surface area contributed by atoms with Crippen molar-refractivity contribution in [3.8, 4) is 0 Å². The van der Waals surface area contributed by atoms with Crippen molar-refractivity contribution in [2.75, 3.05) is 25.4 Å². The van der Waals surface area contributed by atoms with E-state index >= 15 is 4.39 Å². The van der Waals surface area contributed by atoms with Crippen LogP contribution < -0.4 is 5.73 Å². The van der Waals surface area contributed by atoms with Crippen LogP contribution in [0.4, 0.5) is 14.5 Å². The van der Waals surface area contributed by atoms with Gasteiger partial charge in [-0.15, -0.1) is 0 Å². The number of carbonyl (C=O) groups excluding carboxylic acids is 1. The normalized spacial score (nSPS) is 17.8. The van der Waals surface area contributed by atoms with Crippen LogP contribution >= 0.6 is 0 Å². The number of carbonyl (C=O) groups is 1. The van der Waals surface area contributed by atoms with Gasteiger partial charge in [-0.3, -0.25) is 9.78 Å². The third-order valence-electron chi connectivity index (χ3n) is 5.34. The van der Waals surface area contributed by atoms with E-state index in [1.54, 1.807) is 26.0 Å². The van der Waals surface area contributed by atoms with Crippen LogP contribution in [0.25, 0.3) is 10.9 Å². The molecule has 1 fully saturated rings. The number of hydrogen-bond donors (Lipinski definition) is 2. The number of Topliss-reactive ketones (excluding diaryl/α,β-unsaturated/α-hetero) is 1. The zero-order valence-electron chi connectivity index (χ0n) is 16.3. The highest BCUT2D eigenvalue weighted by atomic mass is 19.1. The molecule has 0 spiro atoms. The van der Waals surface area contributed by atoms with Gasteiger partial charge < -0.3 is 15.7 Å². The summed E-state index contributed by atoms with van der Waals surface area (Å²) in [5.41, 5.74) is 3.95. The van der Waals surface area contributed by atoms with Crippen molar-refractivity contribution in [3.63, 3.8) is 0 Å². The number of ketones is 1. The van der Waals surface area contributed by atoms with Crippen molar-refractivity contribution < 1.29 is 18.7 Å². The molecule has 0 radical (unpaired) electrons. The summed E-state index contributed by atoms with van der Waals surface area (Å²) in [5, 5.41) is 10.3. The fourth-order valence-corrected chi connectivity index (χ4v) is 3.83. The molecule has 152 valence electrons. The highest BCUT2D eigenvalue weighted by Gasteiger charge is 2.36. The molecule has 1 aliphatic heterocycles. The minimum absolute atomic E-state index is 0.0168. The molecule has 28 heavy (non-hydrogen) atoms. The van der Waals surface area contributed by atoms with E-state index in [9.17, 15) is 14.3 Å². The molecule has 3 N–H and O–H groups in total. The number of likely N-dealkylation sites (tertiary alicyclic amines) is 1. The molecule has 1 saturated heterocycles. The molecule has 2 aromatic rings. The van der Waals surface area contributed by atoms with Crippen molar-refractivity contribution >= 4 is 22.4 Å². The summed E-state index contributed by atoms with van der Waals surface area (Å²) >= 11 is 0. The molecule has 2 heterocycles. The van der Waals surface area contributed by atoms with E-state index in [0.717, 1.165) is 6.07 Å². The number of rotatable bonds is 6. The Morgan fingerprint density at radius 1 is 1.39 bits per heavy atom. The predicted molar refractivity (Wildman–Crippen MR) is 105 cm³/mol. The largest absolute Gasteiger partial charge is 0.396 e. The summed E-state index contributed by atoms with van der Waals surface area (Å²) in [6.07, 6.45) is 2.21. The molecule has 0 amide bonds. The predicted octanol–water partition coefficient (Wildman–Crippen LogP) is 3.49. The maximum atomic E-state index is 15.2. The monoisotopic (exact) mass is 391 g/mol. The second-order valence-corrected chi connectivity index (χ2v) is 8.38. The number of nitrogens with zero attached hydrogens (tertiary/aromatic N) is 2. The minimum atomic E-state index is -1.43. The molecule has 1 aromatic heterocycles. The first kappa shape index (κ1) is 20.6. The molecule has 0 aliphatic carbocycles. The summed E-state index contributed by atoms with van der Waals surface area (Å²) in [6, 6.07) is 4.35. The molecule has 5 nitrogen and oxygen atoms in total. The molecule has 7 heteroatoms. The molecule has 0 bridgehead atoms. The number of anilines is 1. The van der Waals surface area contributed by atoms with Gasteiger partial charge in [0, 0.05) is 43.2 Å². The first-order chi connectivity index (χ1) is 13.1. The lowest BCUT2D eigenvalue weighted by atomic mass is 9.86. The van der Waals surface area contributed by atoms with Crippen molar-refractivity contribution in [1.82, 2.24) is 9.88 Å². The van der Waals surface area contributed by atoms with Gasteiger partial charge in [0.15, 0.2) is 5.78 Å². The summed E-state index contributed by atoms with van der Waals surface area (Å²) in [5.74, 6) is -1.00. The number of hydrogen-bond acceptors (Lipinski definition) is 5. The minimum Gasteiger partial charge on any atom is -0.396 e. The SMILES string of the molecule is CC(C)(O)CN1CCC(F)(CCC(=O)c2cc(F)c(N)c3cccnc23)CC1. The quantitative estimate of drug-likeness (QED) is 0.582. The lowest BCUT2D eigenvalue weighted by Gasteiger charge is -2.38. The maximum Gasteiger partial charge on any atom is 0.165 e. The number of β-amino-alcohol motifs (C(OH)–C–C–N with tert-alkyl or cyclic N) is 1. The number of nitrogen functional groups attached to an aromatic ring is 1. The van der Waals surface area contributed by atoms with Crippen LogP contribution in [0.15, 0.2) is 24.4 Å². The van der Waals surface area contributed by atoms with Gasteiger partial charge in [-0.1, -0.05) is 0 Å². The first-order valence-corrected chi connectivity index (χ1v) is 9.58. The second kappa shape index (κ2) is 7.72. The van der Waals surface area contributed by atoms with Crippen LogP contribution in [0.5, 0.6) is 0 Å². The van der Waals surface area contributed by atoms with E-state index in [-0.39, 0.29) is 29.9 Å². The van der Waals surface area contributed by atoms with Gasteiger partial charge in [0.25, 0.3) is 0 Å². The fraction of sp³-hybridized carbons (Fsp3) is 0.524. The van der Waals surface area contributed by atoms with Gasteiger partial charge in [0.2, 0.25) is 0 Å². The molecule has 1 aliphatic rings. The van der Waals surface area contributed by atoms with Crippen LogP contribution in [-0.2, 0) is 0 Å². The van der Waals surface area contributed by atoms with E-state index in [1.165, 1.54) is 6.20 Å². The highest BCUT2D eigenvalue weighted by molar-refractivity contribution is 6.09. The zero-order valence-corrected chi connectivity index (χ0v) is 16.3. The number of halogens is 2. The Morgan fingerprint density at radius 2 is 2.07 bits per heavy atom. The van der Waals surface area contributed by atoms with E-state index in [0.29, 0.717) is 43.4 Å². The van der Waals surface area contributed by atoms with Crippen LogP contribution in [0.1, 0.15) is 49.9 Å². The summed E-state index contributed by atoms with van der Waals surface area (Å²) < 4.78 is 29.3. The Kier molecular flexibility index (Phi) is 5.68. The maximum absolute atomic E-state index is 15.2. The van der Waals surface area contributed by atoms with E-state index in [2.05, 4.69) is 4.98 Å². The van der Waals surface area contributed by atoms with Crippen molar-refractivity contribution in [1.29, 1.82) is 0 Å². The van der Waals surface area contributed by atoms with Crippen LogP contribution in [0.2, 0.25) is 0 Å². The molecule has 3 rings (SSSR count). The standard InChI is InChI=1S/C21H27F2N3O2/c1-20(2,28)13-26-10-7-21(23,8-11-26)6-5-17(27)15-12-16(22)18(24)14-4-3-9-25-19(14)15/h3-4,9,12,28H,5-8,10-11,13,24H2,1-2H3. The number of aliphatic hydroxyl groups is 1. The molecular formula is C21H27F2N3O2. The molecule has 0 unspecified atom stereocenters. The van der Waals surface area contributed by atoms with E-state index < -0.39 is 17.1 Å². The fourth-order valence-electron chi connectivity index (χ4n) is 3.83. The molecular weight excluding hydrogens is 364 g/mol. The number of benzene rings is 1. The Bertz CT molecular complexity index is 872. The Labute approximate surface area is 163 Å². The Morgan fingerprint density at radius 3 is 2.71 bits per heavy atom. The van der Waals surface area contributed by atoms with Gasteiger partial charge in [0.05, 0.1) is 16.8 Å². The Hall–Kier alpha value is -2.12. The summed E-state index contributed by atoms with van der Waals surface area (Å²) in [7, 11) is 0. The molecule has 1 aromatic carbocycles. The average Bonchev–Trinajstić information content (AvgIpc) is 2.64. The van der Waals surface area contributed by atoms with Gasteiger partial charge in [-0.05, 0) is 51.3 Å². The van der Waals surface area contributed by atoms with Gasteiger partial charge in [-0.2, -0.15) is 0 Å². The van der Waals surface area contributed by atoms with E-state index in [1.807, 2.05) is 4.90 Å². The topological polar surface area (TPSA) is 79.5 Å². The number of alkyl halides is 1. The van der Waals surface area contributed by atoms with Crippen LogP contribution in [0, 0.1) is 5.82 Å². The van der Waals surface area contributed by atoms with Gasteiger partial charge in [0.1, 0.15) is 11.5 Å². The van der Waals surface area contributed by atoms with Crippen LogP contribution in [-0.4, -0.2) is 51.7 Å².